The number of aromatic nitrogens is 10. The molecule has 0 aliphatic carbocycles. The standard InChI is InChI=1S/C30H16N14O6/c45-27-39-19-9-7-15(43(47)48)13-17(19)33-23(39)35-25-37-29(21-5-1-3-11-31-21)30(41(25)27,22-6-2-4-12-32-22)42-26(38-29)36-24-34-18-14-16(44(49)50)8-10-20(18)40(24)28(42)46/h1-14H,(H,33,35,37)(H,34,36,38). The number of non-ortho nitro benzene ring substituents is 2. The summed E-state index contributed by atoms with van der Waals surface area (Å²) < 4.78 is 4.93. The third-order valence-electron chi connectivity index (χ3n) is 9.10. The van der Waals surface area contributed by atoms with Gasteiger partial charge in [0.2, 0.25) is 34.8 Å². The van der Waals surface area contributed by atoms with Crippen LogP contribution in [0, 0.1) is 20.2 Å². The van der Waals surface area contributed by atoms with E-state index < -0.39 is 32.6 Å². The summed E-state index contributed by atoms with van der Waals surface area (Å²) in [6, 6.07) is 18.0. The van der Waals surface area contributed by atoms with Crippen molar-refractivity contribution in [1.29, 1.82) is 0 Å². The Morgan fingerprint density at radius 2 is 1.10 bits per heavy atom. The number of nitro benzene ring substituents is 2. The predicted octanol–water partition coefficient (Wildman–Crippen LogP) is 1.96. The minimum absolute atomic E-state index is 0.0279. The Kier molecular flexibility index (Phi) is 4.96. The van der Waals surface area contributed by atoms with Crippen LogP contribution in [-0.4, -0.2) is 57.7 Å². The number of hydrogen-bond donors (Lipinski definition) is 2. The van der Waals surface area contributed by atoms with Crippen LogP contribution < -0.4 is 22.0 Å². The maximum Gasteiger partial charge on any atom is 0.340 e. The number of anilines is 2. The highest BCUT2D eigenvalue weighted by Crippen LogP contribution is 2.54. The van der Waals surface area contributed by atoms with Crippen molar-refractivity contribution in [1.82, 2.24) is 47.8 Å². The zero-order chi connectivity index (χ0) is 34.1. The third kappa shape index (κ3) is 3.13. The van der Waals surface area contributed by atoms with Crippen LogP contribution in [0.1, 0.15) is 11.4 Å². The number of pyridine rings is 2. The van der Waals surface area contributed by atoms with Crippen molar-refractivity contribution in [3.63, 3.8) is 0 Å². The molecule has 242 valence electrons. The van der Waals surface area contributed by atoms with E-state index in [1.54, 1.807) is 42.6 Å². The number of benzene rings is 2. The first kappa shape index (κ1) is 27.5. The number of nitrogens with one attached hydrogen (secondary N) is 2. The largest absolute Gasteiger partial charge is 0.340 e. The quantitative estimate of drug-likeness (QED) is 0.201. The van der Waals surface area contributed by atoms with Gasteiger partial charge in [-0.05, 0) is 36.4 Å². The first-order valence-electron chi connectivity index (χ1n) is 14.8. The molecule has 2 aliphatic heterocycles. The van der Waals surface area contributed by atoms with E-state index in [4.69, 9.17) is 9.97 Å². The summed E-state index contributed by atoms with van der Waals surface area (Å²) in [7, 11) is 0. The van der Waals surface area contributed by atoms with Gasteiger partial charge in [-0.25, -0.2) is 37.5 Å². The summed E-state index contributed by atoms with van der Waals surface area (Å²) in [5.74, 6) is -0.167. The Morgan fingerprint density at radius 1 is 0.620 bits per heavy atom. The second-order valence-corrected chi connectivity index (χ2v) is 11.6. The van der Waals surface area contributed by atoms with Gasteiger partial charge in [0.25, 0.3) is 11.4 Å². The zero-order valence-corrected chi connectivity index (χ0v) is 24.9. The maximum atomic E-state index is 15.0. The summed E-state index contributed by atoms with van der Waals surface area (Å²) >= 11 is 0. The molecule has 2 aliphatic rings. The van der Waals surface area contributed by atoms with E-state index >= 15 is 9.59 Å². The normalized spacial score (nSPS) is 19.0. The first-order chi connectivity index (χ1) is 24.2. The Morgan fingerprint density at radius 3 is 1.54 bits per heavy atom. The average molecular weight is 669 g/mol. The van der Waals surface area contributed by atoms with Crippen LogP contribution >= 0.6 is 0 Å². The SMILES string of the molecule is O=c1n2c(nc3nc4cc([N+](=O)[O-])ccc4n13)NC1(c3ccccn3)Nc3nc4nc5cc([N+](=O)[O-])ccc5n4c(=O)n3C21c1ccccn1. The van der Waals surface area contributed by atoms with Crippen molar-refractivity contribution in [2.24, 2.45) is 0 Å². The number of fused-ring (bicyclic) bond motifs is 11. The van der Waals surface area contributed by atoms with E-state index in [1.807, 2.05) is 0 Å². The second-order valence-electron chi connectivity index (χ2n) is 11.6. The fraction of sp³-hybridized carbons (Fsp3) is 0.0667. The lowest BCUT2D eigenvalue weighted by Gasteiger charge is -2.38. The first-order valence-corrected chi connectivity index (χ1v) is 14.8. The van der Waals surface area contributed by atoms with Gasteiger partial charge >= 0.3 is 11.4 Å². The molecule has 20 heteroatoms. The molecule has 0 saturated heterocycles. The zero-order valence-electron chi connectivity index (χ0n) is 24.9. The summed E-state index contributed by atoms with van der Waals surface area (Å²) in [5, 5.41) is 29.7. The van der Waals surface area contributed by atoms with Gasteiger partial charge in [0.15, 0.2) is 0 Å². The van der Waals surface area contributed by atoms with E-state index in [2.05, 4.69) is 30.6 Å². The highest BCUT2D eigenvalue weighted by atomic mass is 16.6. The fourth-order valence-electron chi connectivity index (χ4n) is 7.15. The topological polar surface area (TPSA) is 240 Å². The number of nitro groups is 2. The number of hydrogen-bond acceptors (Lipinski definition) is 14. The van der Waals surface area contributed by atoms with Gasteiger partial charge < -0.3 is 10.6 Å². The minimum atomic E-state index is -1.96. The molecule has 2 aromatic carbocycles. The molecule has 0 atom stereocenters. The highest BCUT2D eigenvalue weighted by molar-refractivity contribution is 5.83. The van der Waals surface area contributed by atoms with Gasteiger partial charge in [-0.3, -0.25) is 30.2 Å². The van der Waals surface area contributed by atoms with Crippen molar-refractivity contribution >= 4 is 56.9 Å². The number of imidazole rings is 2. The molecular weight excluding hydrogens is 652 g/mol. The molecule has 8 aromatic rings. The molecular formula is C30H16N14O6. The molecule has 0 saturated carbocycles. The van der Waals surface area contributed by atoms with Crippen molar-refractivity contribution in [2.45, 2.75) is 11.3 Å². The van der Waals surface area contributed by atoms with E-state index in [0.717, 1.165) is 0 Å². The molecule has 0 radical (unpaired) electrons. The van der Waals surface area contributed by atoms with Gasteiger partial charge in [-0.15, -0.1) is 0 Å². The Bertz CT molecular complexity index is 2800. The molecule has 10 rings (SSSR count). The van der Waals surface area contributed by atoms with Gasteiger partial charge in [-0.2, -0.15) is 9.97 Å². The lowest BCUT2D eigenvalue weighted by Crippen LogP contribution is -2.61. The van der Waals surface area contributed by atoms with E-state index in [9.17, 15) is 20.2 Å². The van der Waals surface area contributed by atoms with Crippen LogP contribution in [0.3, 0.4) is 0 Å². The number of rotatable bonds is 4. The molecule has 0 amide bonds. The Balaban J connectivity index is 1.39. The minimum Gasteiger partial charge on any atom is -0.324 e. The van der Waals surface area contributed by atoms with Crippen LogP contribution in [-0.2, 0) is 11.3 Å². The maximum absolute atomic E-state index is 15.0. The second kappa shape index (κ2) is 9.03. The van der Waals surface area contributed by atoms with Crippen molar-refractivity contribution in [3.05, 3.63) is 138 Å². The smallest absolute Gasteiger partial charge is 0.324 e. The van der Waals surface area contributed by atoms with Gasteiger partial charge in [0, 0.05) is 36.7 Å². The van der Waals surface area contributed by atoms with Crippen LogP contribution in [0.2, 0.25) is 0 Å². The molecule has 0 bridgehead atoms. The number of nitrogens with zero attached hydrogens (tertiary/aromatic N) is 12. The highest BCUT2D eigenvalue weighted by Gasteiger charge is 2.70. The molecule has 20 nitrogen and oxygen atoms in total. The van der Waals surface area contributed by atoms with E-state index in [-0.39, 0.29) is 62.6 Å². The van der Waals surface area contributed by atoms with Gasteiger partial charge in [0.05, 0.1) is 43.3 Å². The van der Waals surface area contributed by atoms with Crippen LogP contribution in [0.5, 0.6) is 0 Å². The Labute approximate surface area is 274 Å². The molecule has 8 heterocycles. The van der Waals surface area contributed by atoms with E-state index in [1.165, 1.54) is 60.5 Å². The van der Waals surface area contributed by atoms with Crippen molar-refractivity contribution in [3.8, 4) is 0 Å². The monoisotopic (exact) mass is 668 g/mol. The third-order valence-corrected chi connectivity index (χ3v) is 9.10. The lowest BCUT2D eigenvalue weighted by molar-refractivity contribution is -0.384. The fourth-order valence-corrected chi connectivity index (χ4v) is 7.15. The summed E-state index contributed by atoms with van der Waals surface area (Å²) in [6.07, 6.45) is 3.06. The molecule has 2 N–H and O–H groups in total. The summed E-state index contributed by atoms with van der Waals surface area (Å²) in [6.45, 7) is 0. The van der Waals surface area contributed by atoms with Crippen molar-refractivity contribution in [2.75, 3.05) is 10.6 Å². The summed E-state index contributed by atoms with van der Waals surface area (Å²) in [4.78, 5) is 79.6. The average Bonchev–Trinajstić information content (AvgIpc) is 3.83. The van der Waals surface area contributed by atoms with Crippen molar-refractivity contribution < 1.29 is 9.85 Å². The molecule has 50 heavy (non-hydrogen) atoms. The molecule has 0 unspecified atom stereocenters. The van der Waals surface area contributed by atoms with Gasteiger partial charge in [-0.1, -0.05) is 12.1 Å². The predicted molar refractivity (Wildman–Crippen MR) is 173 cm³/mol. The van der Waals surface area contributed by atoms with Crippen LogP contribution in [0.25, 0.3) is 33.6 Å². The molecule has 0 fully saturated rings. The lowest BCUT2D eigenvalue weighted by atomic mass is 9.87. The molecule has 6 aromatic heterocycles. The Hall–Kier alpha value is -7.64. The van der Waals surface area contributed by atoms with Gasteiger partial charge in [0.1, 0.15) is 0 Å². The summed E-state index contributed by atoms with van der Waals surface area (Å²) in [5.41, 5.74) is -4.21. The van der Waals surface area contributed by atoms with Crippen LogP contribution in [0.15, 0.2) is 94.8 Å². The van der Waals surface area contributed by atoms with Crippen LogP contribution in [0.4, 0.5) is 23.3 Å². The molecule has 0 spiro atoms. The van der Waals surface area contributed by atoms with E-state index in [0.29, 0.717) is 5.69 Å².